The molecule has 0 atom stereocenters. The molecule has 6 heteroatoms. The Labute approximate surface area is 164 Å². The van der Waals surface area contributed by atoms with E-state index >= 15 is 0 Å². The highest BCUT2D eigenvalue weighted by Crippen LogP contribution is 2.37. The minimum atomic E-state index is 0.702. The van der Waals surface area contributed by atoms with Crippen LogP contribution in [-0.2, 0) is 0 Å². The fourth-order valence-corrected chi connectivity index (χ4v) is 4.24. The monoisotopic (exact) mass is 383 g/mol. The largest absolute Gasteiger partial charge is 0.358 e. The molecule has 0 fully saturated rings. The van der Waals surface area contributed by atoms with Gasteiger partial charge in [0.2, 0.25) is 0 Å². The van der Waals surface area contributed by atoms with Crippen LogP contribution in [0.2, 0.25) is 5.02 Å². The highest BCUT2D eigenvalue weighted by Gasteiger charge is 2.18. The molecule has 5 nitrogen and oxygen atoms in total. The highest BCUT2D eigenvalue weighted by atomic mass is 35.5. The van der Waals surface area contributed by atoms with Crippen molar-refractivity contribution in [3.8, 4) is 11.4 Å². The van der Waals surface area contributed by atoms with Crippen LogP contribution < -0.4 is 0 Å². The molecular formula is C22H14ClN5. The predicted molar refractivity (Wildman–Crippen MR) is 114 cm³/mol. The predicted octanol–water partition coefficient (Wildman–Crippen LogP) is 5.77. The average molecular weight is 384 g/mol. The zero-order valence-corrected chi connectivity index (χ0v) is 15.7. The summed E-state index contributed by atoms with van der Waals surface area (Å²) in [6.07, 6.45) is 3.59. The van der Waals surface area contributed by atoms with E-state index in [1.54, 1.807) is 12.4 Å². The van der Waals surface area contributed by atoms with E-state index in [1.807, 2.05) is 36.4 Å². The van der Waals surface area contributed by atoms with Crippen LogP contribution >= 0.6 is 11.6 Å². The minimum Gasteiger partial charge on any atom is -0.358 e. The molecule has 4 aromatic heterocycles. The summed E-state index contributed by atoms with van der Waals surface area (Å²) in [5, 5.41) is 3.75. The minimum absolute atomic E-state index is 0.702. The lowest BCUT2D eigenvalue weighted by atomic mass is 10.1. The van der Waals surface area contributed by atoms with Crippen molar-refractivity contribution in [3.05, 3.63) is 65.6 Å². The van der Waals surface area contributed by atoms with Gasteiger partial charge in [0.1, 0.15) is 5.82 Å². The number of imidazole rings is 1. The van der Waals surface area contributed by atoms with Crippen molar-refractivity contribution in [1.29, 1.82) is 0 Å². The second-order valence-corrected chi connectivity index (χ2v) is 7.36. The Morgan fingerprint density at radius 3 is 2.39 bits per heavy atom. The van der Waals surface area contributed by atoms with Gasteiger partial charge < -0.3 is 9.97 Å². The van der Waals surface area contributed by atoms with E-state index in [0.29, 0.717) is 5.02 Å². The summed E-state index contributed by atoms with van der Waals surface area (Å²) in [7, 11) is 0. The zero-order chi connectivity index (χ0) is 18.8. The summed E-state index contributed by atoms with van der Waals surface area (Å²) >= 11 is 6.26. The molecular weight excluding hydrogens is 370 g/mol. The maximum atomic E-state index is 6.26. The molecule has 0 aliphatic rings. The molecule has 0 saturated heterocycles. The number of hydrogen-bond donors (Lipinski definition) is 2. The second-order valence-electron chi connectivity index (χ2n) is 6.92. The molecule has 0 radical (unpaired) electrons. The second kappa shape index (κ2) is 5.53. The van der Waals surface area contributed by atoms with Crippen LogP contribution in [0.4, 0.5) is 0 Å². The normalized spacial score (nSPS) is 11.9. The number of aromatic nitrogens is 5. The molecule has 0 saturated carbocycles. The van der Waals surface area contributed by atoms with Gasteiger partial charge in [0, 0.05) is 50.3 Å². The first kappa shape index (κ1) is 15.6. The van der Waals surface area contributed by atoms with Crippen LogP contribution in [0.1, 0.15) is 5.69 Å². The summed E-state index contributed by atoms with van der Waals surface area (Å²) in [5.41, 5.74) is 6.71. The van der Waals surface area contributed by atoms with Gasteiger partial charge >= 0.3 is 0 Å². The van der Waals surface area contributed by atoms with Crippen LogP contribution in [0.3, 0.4) is 0 Å². The molecule has 2 aromatic carbocycles. The van der Waals surface area contributed by atoms with Gasteiger partial charge in [-0.1, -0.05) is 11.6 Å². The Bertz CT molecular complexity index is 1470. The lowest BCUT2D eigenvalue weighted by molar-refractivity contribution is 1.26. The van der Waals surface area contributed by atoms with Gasteiger partial charge in [-0.2, -0.15) is 0 Å². The zero-order valence-electron chi connectivity index (χ0n) is 14.9. The average Bonchev–Trinajstić information content (AvgIpc) is 3.28. The molecule has 0 aliphatic carbocycles. The maximum absolute atomic E-state index is 6.26. The number of rotatable bonds is 1. The number of pyridine rings is 2. The molecule has 28 heavy (non-hydrogen) atoms. The van der Waals surface area contributed by atoms with Crippen molar-refractivity contribution in [2.75, 3.05) is 0 Å². The van der Waals surface area contributed by atoms with Crippen molar-refractivity contribution in [2.24, 2.45) is 0 Å². The summed E-state index contributed by atoms with van der Waals surface area (Å²) < 4.78 is 0. The van der Waals surface area contributed by atoms with Gasteiger partial charge in [0.25, 0.3) is 0 Å². The third-order valence-electron chi connectivity index (χ3n) is 5.25. The van der Waals surface area contributed by atoms with Crippen molar-refractivity contribution < 1.29 is 0 Å². The molecule has 6 rings (SSSR count). The van der Waals surface area contributed by atoms with Gasteiger partial charge in [-0.05, 0) is 49.4 Å². The van der Waals surface area contributed by atoms with E-state index in [0.717, 1.165) is 60.8 Å². The molecule has 2 N–H and O–H groups in total. The van der Waals surface area contributed by atoms with Crippen molar-refractivity contribution in [3.63, 3.8) is 0 Å². The van der Waals surface area contributed by atoms with Crippen LogP contribution in [0.25, 0.3) is 55.1 Å². The summed E-state index contributed by atoms with van der Waals surface area (Å²) in [6.45, 7) is 2.05. The van der Waals surface area contributed by atoms with E-state index in [-0.39, 0.29) is 0 Å². The fourth-order valence-electron chi connectivity index (χ4n) is 4.07. The van der Waals surface area contributed by atoms with Crippen LogP contribution in [0.5, 0.6) is 0 Å². The number of aromatic amines is 2. The Hall–Kier alpha value is -3.44. The van der Waals surface area contributed by atoms with Crippen molar-refractivity contribution >= 4 is 55.3 Å². The number of nitrogens with one attached hydrogen (secondary N) is 2. The third-order valence-corrected chi connectivity index (χ3v) is 5.49. The molecule has 134 valence electrons. The molecule has 0 bridgehead atoms. The third kappa shape index (κ3) is 2.05. The quantitative estimate of drug-likeness (QED) is 0.354. The standard InChI is InChI=1S/C22H14ClN5/c1-11-17(15-10-12(23)6-7-16(15)26-11)22-27-20-13-4-2-8-24-18(13)19-14(21(20)28-22)5-3-9-25-19/h2-10,26H,1H3,(H,27,28). The van der Waals surface area contributed by atoms with Crippen LogP contribution in [0.15, 0.2) is 54.9 Å². The van der Waals surface area contributed by atoms with Crippen molar-refractivity contribution in [1.82, 2.24) is 24.9 Å². The molecule has 6 aromatic rings. The Morgan fingerprint density at radius 2 is 1.57 bits per heavy atom. The van der Waals surface area contributed by atoms with Gasteiger partial charge in [0.05, 0.1) is 22.1 Å². The smallest absolute Gasteiger partial charge is 0.140 e. The molecule has 0 aliphatic heterocycles. The van der Waals surface area contributed by atoms with Gasteiger partial charge in [-0.3, -0.25) is 9.97 Å². The van der Waals surface area contributed by atoms with E-state index in [2.05, 4.69) is 32.9 Å². The number of hydrogen-bond acceptors (Lipinski definition) is 3. The SMILES string of the molecule is Cc1[nH]c2ccc(Cl)cc2c1-c1nc2c3cccnc3c3ncccc3c2[nH]1. The lowest BCUT2D eigenvalue weighted by Crippen LogP contribution is -1.86. The number of aryl methyl sites for hydroxylation is 1. The number of fused-ring (bicyclic) bond motifs is 7. The summed E-state index contributed by atoms with van der Waals surface area (Å²) in [6, 6.07) is 13.8. The first-order valence-electron chi connectivity index (χ1n) is 9.00. The molecule has 0 spiro atoms. The fraction of sp³-hybridized carbons (Fsp3) is 0.0455. The van der Waals surface area contributed by atoms with Gasteiger partial charge in [0.15, 0.2) is 0 Å². The Kier molecular flexibility index (Phi) is 3.08. The molecule has 4 heterocycles. The highest BCUT2D eigenvalue weighted by molar-refractivity contribution is 6.31. The summed E-state index contributed by atoms with van der Waals surface area (Å²) in [4.78, 5) is 21.1. The summed E-state index contributed by atoms with van der Waals surface area (Å²) in [5.74, 6) is 0.808. The number of benzene rings is 2. The molecule has 0 unspecified atom stereocenters. The van der Waals surface area contributed by atoms with Crippen LogP contribution in [-0.4, -0.2) is 24.9 Å². The first-order chi connectivity index (χ1) is 13.7. The first-order valence-corrected chi connectivity index (χ1v) is 9.38. The van der Waals surface area contributed by atoms with E-state index in [4.69, 9.17) is 16.6 Å². The Balaban J connectivity index is 1.78. The maximum Gasteiger partial charge on any atom is 0.140 e. The molecule has 0 amide bonds. The topological polar surface area (TPSA) is 70.2 Å². The van der Waals surface area contributed by atoms with E-state index in [9.17, 15) is 0 Å². The number of nitrogens with zero attached hydrogens (tertiary/aromatic N) is 3. The lowest BCUT2D eigenvalue weighted by Gasteiger charge is -2.03. The van der Waals surface area contributed by atoms with Crippen molar-refractivity contribution in [2.45, 2.75) is 6.92 Å². The number of halogens is 1. The van der Waals surface area contributed by atoms with Crippen LogP contribution in [0, 0.1) is 6.92 Å². The van der Waals surface area contributed by atoms with Gasteiger partial charge in [-0.15, -0.1) is 0 Å². The van der Waals surface area contributed by atoms with Gasteiger partial charge in [-0.25, -0.2) is 4.98 Å². The Morgan fingerprint density at radius 1 is 0.821 bits per heavy atom. The number of H-pyrrole nitrogens is 2. The van der Waals surface area contributed by atoms with E-state index < -0.39 is 0 Å². The van der Waals surface area contributed by atoms with E-state index in [1.165, 1.54) is 0 Å².